The number of nitrogens with zero attached hydrogens (tertiary/aromatic N) is 2. The summed E-state index contributed by atoms with van der Waals surface area (Å²) in [6.07, 6.45) is 1.73. The van der Waals surface area contributed by atoms with Crippen LogP contribution in [0, 0.1) is 6.92 Å². The number of hydrogen-bond donors (Lipinski definition) is 2. The summed E-state index contributed by atoms with van der Waals surface area (Å²) in [5, 5.41) is 18.4. The first-order valence-electron chi connectivity index (χ1n) is 4.68. The molecule has 0 aliphatic rings. The molecule has 2 heterocycles. The van der Waals surface area contributed by atoms with Gasteiger partial charge in [0.25, 0.3) is 0 Å². The fraction of sp³-hybridized carbons (Fsp3) is 0.0909. The van der Waals surface area contributed by atoms with E-state index >= 15 is 0 Å². The molecule has 0 fully saturated rings. The van der Waals surface area contributed by atoms with E-state index in [1.54, 1.807) is 12.3 Å². The molecule has 0 unspecified atom stereocenters. The van der Waals surface area contributed by atoms with Gasteiger partial charge in [0.05, 0.1) is 22.6 Å². The predicted molar refractivity (Wildman–Crippen MR) is 57.8 cm³/mol. The van der Waals surface area contributed by atoms with E-state index in [-0.39, 0.29) is 5.75 Å². The highest BCUT2D eigenvalue weighted by molar-refractivity contribution is 6.06. The smallest absolute Gasteiger partial charge is 0.128 e. The maximum Gasteiger partial charge on any atom is 0.128 e. The van der Waals surface area contributed by atoms with E-state index in [1.807, 2.05) is 19.1 Å². The van der Waals surface area contributed by atoms with Crippen molar-refractivity contribution in [2.24, 2.45) is 0 Å². The highest BCUT2D eigenvalue weighted by Crippen LogP contribution is 2.30. The summed E-state index contributed by atoms with van der Waals surface area (Å²) in [4.78, 5) is 4.36. The minimum Gasteiger partial charge on any atom is -0.507 e. The summed E-state index contributed by atoms with van der Waals surface area (Å²) in [5.41, 5.74) is 2.42. The fourth-order valence-electron chi connectivity index (χ4n) is 1.85. The number of hydrogen-bond acceptors (Lipinski definition) is 3. The van der Waals surface area contributed by atoms with Gasteiger partial charge >= 0.3 is 0 Å². The second-order valence-electron chi connectivity index (χ2n) is 3.58. The third-order valence-corrected chi connectivity index (χ3v) is 2.49. The number of aromatic hydroxyl groups is 1. The van der Waals surface area contributed by atoms with Gasteiger partial charge in [-0.1, -0.05) is 0 Å². The lowest BCUT2D eigenvalue weighted by Crippen LogP contribution is -1.85. The maximum absolute atomic E-state index is 9.88. The summed E-state index contributed by atoms with van der Waals surface area (Å²) in [5.74, 6) is 0.243. The van der Waals surface area contributed by atoms with Crippen molar-refractivity contribution < 1.29 is 5.11 Å². The van der Waals surface area contributed by atoms with Crippen molar-refractivity contribution in [3.63, 3.8) is 0 Å². The second-order valence-corrected chi connectivity index (χ2v) is 3.58. The SMILES string of the molecule is Cc1cc(O)c2c(ccc3cn[nH]c32)n1. The lowest BCUT2D eigenvalue weighted by atomic mass is 10.1. The number of aryl methyl sites for hydroxylation is 1. The molecule has 15 heavy (non-hydrogen) atoms. The van der Waals surface area contributed by atoms with E-state index in [0.29, 0.717) is 0 Å². The standard InChI is InChI=1S/C11H9N3O/c1-6-4-9(15)10-8(13-6)3-2-7-5-12-14-11(7)10/h2-5H,1H3,(H,12,14)(H,13,15). The molecule has 1 aromatic carbocycles. The van der Waals surface area contributed by atoms with Gasteiger partial charge in [0.1, 0.15) is 5.75 Å². The number of benzene rings is 1. The number of aromatic amines is 1. The Morgan fingerprint density at radius 2 is 2.20 bits per heavy atom. The zero-order valence-electron chi connectivity index (χ0n) is 8.15. The Morgan fingerprint density at radius 3 is 3.07 bits per heavy atom. The zero-order valence-corrected chi connectivity index (χ0v) is 8.15. The normalized spacial score (nSPS) is 11.3. The third-order valence-electron chi connectivity index (χ3n) is 2.49. The van der Waals surface area contributed by atoms with Crippen LogP contribution in [0.15, 0.2) is 24.4 Å². The summed E-state index contributed by atoms with van der Waals surface area (Å²) >= 11 is 0. The lowest BCUT2D eigenvalue weighted by Gasteiger charge is -2.02. The van der Waals surface area contributed by atoms with Gasteiger partial charge in [0.15, 0.2) is 0 Å². The van der Waals surface area contributed by atoms with E-state index in [9.17, 15) is 5.11 Å². The van der Waals surface area contributed by atoms with Crippen LogP contribution in [0.5, 0.6) is 5.75 Å². The predicted octanol–water partition coefficient (Wildman–Crippen LogP) is 2.13. The molecule has 74 valence electrons. The number of pyridine rings is 1. The monoisotopic (exact) mass is 199 g/mol. The number of rotatable bonds is 0. The molecule has 0 bridgehead atoms. The van der Waals surface area contributed by atoms with E-state index < -0.39 is 0 Å². The van der Waals surface area contributed by atoms with Crippen LogP contribution in [0.3, 0.4) is 0 Å². The Morgan fingerprint density at radius 1 is 1.33 bits per heavy atom. The topological polar surface area (TPSA) is 61.8 Å². The van der Waals surface area contributed by atoms with Gasteiger partial charge in [0.2, 0.25) is 0 Å². The molecule has 0 amide bonds. The van der Waals surface area contributed by atoms with Crippen molar-refractivity contribution in [1.29, 1.82) is 0 Å². The van der Waals surface area contributed by atoms with E-state index in [2.05, 4.69) is 15.2 Å². The lowest BCUT2D eigenvalue weighted by molar-refractivity contribution is 0.481. The maximum atomic E-state index is 9.88. The molecule has 3 rings (SSSR count). The van der Waals surface area contributed by atoms with Crippen molar-refractivity contribution in [2.75, 3.05) is 0 Å². The summed E-state index contributed by atoms with van der Waals surface area (Å²) in [6, 6.07) is 5.48. The highest BCUT2D eigenvalue weighted by atomic mass is 16.3. The largest absolute Gasteiger partial charge is 0.507 e. The van der Waals surface area contributed by atoms with Crippen LogP contribution in [-0.2, 0) is 0 Å². The molecule has 0 aliphatic carbocycles. The first kappa shape index (κ1) is 8.23. The van der Waals surface area contributed by atoms with Crippen LogP contribution < -0.4 is 0 Å². The van der Waals surface area contributed by atoms with E-state index in [0.717, 1.165) is 27.5 Å². The van der Waals surface area contributed by atoms with Crippen LogP contribution in [0.25, 0.3) is 21.8 Å². The Bertz CT molecular complexity index is 657. The molecule has 4 heteroatoms. The number of fused-ring (bicyclic) bond motifs is 3. The number of nitrogens with one attached hydrogen (secondary N) is 1. The van der Waals surface area contributed by atoms with Gasteiger partial charge in [0, 0.05) is 17.1 Å². The minimum atomic E-state index is 0.243. The molecule has 0 saturated heterocycles. The number of H-pyrrole nitrogens is 1. The van der Waals surface area contributed by atoms with Crippen LogP contribution >= 0.6 is 0 Å². The Hall–Kier alpha value is -2.10. The van der Waals surface area contributed by atoms with Crippen molar-refractivity contribution in [1.82, 2.24) is 15.2 Å². The molecule has 3 aromatic rings. The molecule has 0 atom stereocenters. The van der Waals surface area contributed by atoms with Crippen LogP contribution in [-0.4, -0.2) is 20.3 Å². The van der Waals surface area contributed by atoms with Gasteiger partial charge in [-0.15, -0.1) is 0 Å². The first-order chi connectivity index (χ1) is 7.25. The molecular weight excluding hydrogens is 190 g/mol. The molecule has 0 saturated carbocycles. The molecule has 2 aromatic heterocycles. The molecule has 2 N–H and O–H groups in total. The van der Waals surface area contributed by atoms with E-state index in [1.165, 1.54) is 0 Å². The van der Waals surface area contributed by atoms with Crippen molar-refractivity contribution >= 4 is 21.8 Å². The van der Waals surface area contributed by atoms with Crippen LogP contribution in [0.1, 0.15) is 5.69 Å². The third kappa shape index (κ3) is 1.08. The molecule has 0 spiro atoms. The van der Waals surface area contributed by atoms with Gasteiger partial charge in [-0.05, 0) is 19.1 Å². The molecule has 0 aliphatic heterocycles. The van der Waals surface area contributed by atoms with E-state index in [4.69, 9.17) is 0 Å². The quantitative estimate of drug-likeness (QED) is 0.583. The van der Waals surface area contributed by atoms with Crippen molar-refractivity contribution in [2.45, 2.75) is 6.92 Å². The molecule has 4 nitrogen and oxygen atoms in total. The Kier molecular flexibility index (Phi) is 1.48. The average molecular weight is 199 g/mol. The fourth-order valence-corrected chi connectivity index (χ4v) is 1.85. The minimum absolute atomic E-state index is 0.243. The van der Waals surface area contributed by atoms with Gasteiger partial charge in [-0.3, -0.25) is 10.1 Å². The second kappa shape index (κ2) is 2.70. The first-order valence-corrected chi connectivity index (χ1v) is 4.68. The Balaban J connectivity index is 2.62. The Labute approximate surface area is 85.6 Å². The molecule has 0 radical (unpaired) electrons. The summed E-state index contributed by atoms with van der Waals surface area (Å²) < 4.78 is 0. The van der Waals surface area contributed by atoms with Crippen molar-refractivity contribution in [3.8, 4) is 5.75 Å². The highest BCUT2D eigenvalue weighted by Gasteiger charge is 2.08. The average Bonchev–Trinajstić information content (AvgIpc) is 2.63. The van der Waals surface area contributed by atoms with Gasteiger partial charge in [-0.25, -0.2) is 0 Å². The van der Waals surface area contributed by atoms with Gasteiger partial charge in [-0.2, -0.15) is 5.10 Å². The number of aromatic nitrogens is 3. The zero-order chi connectivity index (χ0) is 10.4. The summed E-state index contributed by atoms with van der Waals surface area (Å²) in [6.45, 7) is 1.86. The molecular formula is C11H9N3O. The van der Waals surface area contributed by atoms with Crippen LogP contribution in [0.2, 0.25) is 0 Å². The van der Waals surface area contributed by atoms with Crippen molar-refractivity contribution in [3.05, 3.63) is 30.1 Å². The van der Waals surface area contributed by atoms with Gasteiger partial charge < -0.3 is 5.11 Å². The summed E-state index contributed by atoms with van der Waals surface area (Å²) in [7, 11) is 0. The van der Waals surface area contributed by atoms with Crippen LogP contribution in [0.4, 0.5) is 0 Å².